The molecule has 0 radical (unpaired) electrons. The van der Waals surface area contributed by atoms with Crippen molar-refractivity contribution in [3.63, 3.8) is 0 Å². The number of halogens is 3. The second kappa shape index (κ2) is 8.88. The Kier molecular flexibility index (Phi) is 6.00. The van der Waals surface area contributed by atoms with Crippen molar-refractivity contribution in [3.8, 4) is 5.69 Å². The van der Waals surface area contributed by atoms with Crippen molar-refractivity contribution < 1.29 is 22.7 Å². The number of rotatable bonds is 5. The molecular formula is C23H15F3N2O3S. The molecule has 2 aromatic carbocycles. The highest BCUT2D eigenvalue weighted by Crippen LogP contribution is 2.30. The zero-order valence-electron chi connectivity index (χ0n) is 16.6. The molecule has 0 aliphatic heterocycles. The fourth-order valence-electron chi connectivity index (χ4n) is 3.09. The molecule has 0 saturated carbocycles. The van der Waals surface area contributed by atoms with Crippen molar-refractivity contribution >= 4 is 28.8 Å². The maximum absolute atomic E-state index is 14.9. The van der Waals surface area contributed by atoms with Crippen LogP contribution in [0.4, 0.5) is 13.2 Å². The Bertz CT molecular complexity index is 1390. The highest BCUT2D eigenvalue weighted by molar-refractivity contribution is 7.99. The third-order valence-corrected chi connectivity index (χ3v) is 5.51. The normalized spacial score (nSPS) is 11.0. The van der Waals surface area contributed by atoms with E-state index in [1.54, 1.807) is 37.3 Å². The first-order valence-electron chi connectivity index (χ1n) is 9.50. The second-order valence-electron chi connectivity index (χ2n) is 6.62. The molecule has 9 heteroatoms. The average molecular weight is 456 g/mol. The standard InChI is InChI=1S/C23H15F3N2O3S/c1-2-31-23(30)16-12-28(19-9-8-13(24)10-17(19)25)21-15(20(16)29)11-18(26)22(27-21)32-14-6-4-3-5-7-14/h3-12H,2H2,1H3. The number of ether oxygens (including phenoxy) is 1. The SMILES string of the molecule is CCOC(=O)c1cn(-c2ccc(F)cc2F)c2nc(Sc3ccccc3)c(F)cc2c1=O. The van der Waals surface area contributed by atoms with Crippen LogP contribution in [0.3, 0.4) is 0 Å². The van der Waals surface area contributed by atoms with Crippen LogP contribution in [0, 0.1) is 17.5 Å². The largest absolute Gasteiger partial charge is 0.462 e. The molecule has 2 heterocycles. The number of pyridine rings is 2. The highest BCUT2D eigenvalue weighted by Gasteiger charge is 2.22. The molecule has 0 fully saturated rings. The molecule has 4 aromatic rings. The molecule has 0 spiro atoms. The first-order valence-corrected chi connectivity index (χ1v) is 10.3. The van der Waals surface area contributed by atoms with E-state index in [9.17, 15) is 22.8 Å². The number of hydrogen-bond donors (Lipinski definition) is 0. The minimum Gasteiger partial charge on any atom is -0.462 e. The van der Waals surface area contributed by atoms with Crippen LogP contribution < -0.4 is 5.43 Å². The summed E-state index contributed by atoms with van der Waals surface area (Å²) in [5.41, 5.74) is -1.49. The lowest BCUT2D eigenvalue weighted by atomic mass is 10.1. The zero-order valence-corrected chi connectivity index (χ0v) is 17.5. The molecule has 0 unspecified atom stereocenters. The van der Waals surface area contributed by atoms with Crippen LogP contribution >= 0.6 is 11.8 Å². The Morgan fingerprint density at radius 2 is 1.81 bits per heavy atom. The number of carbonyl (C=O) groups is 1. The Morgan fingerprint density at radius 1 is 1.06 bits per heavy atom. The van der Waals surface area contributed by atoms with Gasteiger partial charge < -0.3 is 4.74 Å². The van der Waals surface area contributed by atoms with E-state index in [1.807, 2.05) is 0 Å². The van der Waals surface area contributed by atoms with Crippen LogP contribution in [0.15, 0.2) is 75.5 Å². The topological polar surface area (TPSA) is 61.2 Å². The molecule has 162 valence electrons. The van der Waals surface area contributed by atoms with Crippen LogP contribution in [-0.4, -0.2) is 22.1 Å². The first-order chi connectivity index (χ1) is 15.4. The summed E-state index contributed by atoms with van der Waals surface area (Å²) in [7, 11) is 0. The number of fused-ring (bicyclic) bond motifs is 1. The Balaban J connectivity index is 2.01. The van der Waals surface area contributed by atoms with E-state index in [4.69, 9.17) is 4.74 Å². The summed E-state index contributed by atoms with van der Waals surface area (Å²) >= 11 is 1.02. The molecule has 0 N–H and O–H groups in total. The zero-order chi connectivity index (χ0) is 22.8. The highest BCUT2D eigenvalue weighted by atomic mass is 32.2. The predicted molar refractivity (Wildman–Crippen MR) is 114 cm³/mol. The molecule has 32 heavy (non-hydrogen) atoms. The van der Waals surface area contributed by atoms with Crippen molar-refractivity contribution in [2.24, 2.45) is 0 Å². The van der Waals surface area contributed by atoms with Gasteiger partial charge in [0.15, 0.2) is 5.82 Å². The fraction of sp³-hybridized carbons (Fsp3) is 0.0870. The summed E-state index contributed by atoms with van der Waals surface area (Å²) in [4.78, 5) is 30.2. The van der Waals surface area contributed by atoms with E-state index in [0.717, 1.165) is 40.7 Å². The summed E-state index contributed by atoms with van der Waals surface area (Å²) in [6, 6.07) is 12.6. The third-order valence-electron chi connectivity index (χ3n) is 4.52. The average Bonchev–Trinajstić information content (AvgIpc) is 2.76. The van der Waals surface area contributed by atoms with Gasteiger partial charge in [0.05, 0.1) is 17.7 Å². The van der Waals surface area contributed by atoms with Crippen LogP contribution in [0.2, 0.25) is 0 Å². The van der Waals surface area contributed by atoms with E-state index in [2.05, 4.69) is 4.98 Å². The van der Waals surface area contributed by atoms with Crippen LogP contribution in [0.25, 0.3) is 16.7 Å². The van der Waals surface area contributed by atoms with E-state index >= 15 is 0 Å². The maximum atomic E-state index is 14.9. The summed E-state index contributed by atoms with van der Waals surface area (Å²) in [5, 5.41) is -0.294. The lowest BCUT2D eigenvalue weighted by Crippen LogP contribution is -2.21. The van der Waals surface area contributed by atoms with Gasteiger partial charge in [-0.15, -0.1) is 0 Å². The van der Waals surface area contributed by atoms with Crippen molar-refractivity contribution in [2.75, 3.05) is 6.61 Å². The smallest absolute Gasteiger partial charge is 0.343 e. The second-order valence-corrected chi connectivity index (χ2v) is 7.68. The summed E-state index contributed by atoms with van der Waals surface area (Å²) < 4.78 is 49.0. The molecule has 0 amide bonds. The number of benzene rings is 2. The van der Waals surface area contributed by atoms with E-state index in [0.29, 0.717) is 11.0 Å². The number of esters is 1. The van der Waals surface area contributed by atoms with E-state index < -0.39 is 34.4 Å². The minimum atomic E-state index is -0.951. The van der Waals surface area contributed by atoms with Gasteiger partial charge in [0.2, 0.25) is 5.43 Å². The van der Waals surface area contributed by atoms with Gasteiger partial charge in [-0.2, -0.15) is 0 Å². The monoisotopic (exact) mass is 456 g/mol. The maximum Gasteiger partial charge on any atom is 0.343 e. The van der Waals surface area contributed by atoms with Crippen molar-refractivity contribution in [2.45, 2.75) is 16.8 Å². The molecular weight excluding hydrogens is 441 g/mol. The lowest BCUT2D eigenvalue weighted by molar-refractivity contribution is 0.0524. The summed E-state index contributed by atoms with van der Waals surface area (Å²) in [6.45, 7) is 1.56. The van der Waals surface area contributed by atoms with Gasteiger partial charge in [0, 0.05) is 17.2 Å². The minimum absolute atomic E-state index is 0.000481. The van der Waals surface area contributed by atoms with Gasteiger partial charge >= 0.3 is 5.97 Å². The molecule has 0 saturated heterocycles. The molecule has 0 bridgehead atoms. The van der Waals surface area contributed by atoms with Gasteiger partial charge in [-0.1, -0.05) is 30.0 Å². The van der Waals surface area contributed by atoms with Gasteiger partial charge in [0.1, 0.15) is 27.9 Å². The van der Waals surface area contributed by atoms with Crippen molar-refractivity contribution in [3.05, 3.63) is 94.0 Å². The molecule has 0 aliphatic carbocycles. The molecule has 0 atom stereocenters. The van der Waals surface area contributed by atoms with E-state index in [-0.39, 0.29) is 28.4 Å². The van der Waals surface area contributed by atoms with Gasteiger partial charge in [-0.25, -0.2) is 22.9 Å². The predicted octanol–water partition coefficient (Wildman–Crippen LogP) is 5.13. The van der Waals surface area contributed by atoms with Gasteiger partial charge in [-0.05, 0) is 37.3 Å². The fourth-order valence-corrected chi connectivity index (χ4v) is 3.90. The number of aromatic nitrogens is 2. The molecule has 0 aliphatic rings. The lowest BCUT2D eigenvalue weighted by Gasteiger charge is -2.14. The number of carbonyl (C=O) groups excluding carboxylic acids is 1. The Labute approximate surface area is 184 Å². The number of hydrogen-bond acceptors (Lipinski definition) is 5. The van der Waals surface area contributed by atoms with Crippen molar-refractivity contribution in [1.82, 2.24) is 9.55 Å². The Morgan fingerprint density at radius 3 is 2.50 bits per heavy atom. The molecule has 5 nitrogen and oxygen atoms in total. The molecule has 2 aromatic heterocycles. The van der Waals surface area contributed by atoms with Crippen molar-refractivity contribution in [1.29, 1.82) is 0 Å². The summed E-state index contributed by atoms with van der Waals surface area (Å²) in [5.74, 6) is -3.48. The van der Waals surface area contributed by atoms with Crippen LogP contribution in [0.1, 0.15) is 17.3 Å². The van der Waals surface area contributed by atoms with Crippen LogP contribution in [-0.2, 0) is 4.74 Å². The number of nitrogens with zero attached hydrogens (tertiary/aromatic N) is 2. The first kappa shape index (κ1) is 21.6. The third kappa shape index (κ3) is 4.11. The van der Waals surface area contributed by atoms with Crippen LogP contribution in [0.5, 0.6) is 0 Å². The Hall–Kier alpha value is -3.59. The molecule has 4 rings (SSSR count). The summed E-state index contributed by atoms with van der Waals surface area (Å²) in [6.07, 6.45) is 1.07. The van der Waals surface area contributed by atoms with Gasteiger partial charge in [0.25, 0.3) is 0 Å². The van der Waals surface area contributed by atoms with E-state index in [1.165, 1.54) is 0 Å². The quantitative estimate of drug-likeness (QED) is 0.390. The van der Waals surface area contributed by atoms with Gasteiger partial charge in [-0.3, -0.25) is 9.36 Å².